The standard InChI is InChI=1S/C16H21N3O3/c1-12-13(2)22-15(18-12)10-17-16(21)19(8-9-20)11-14-6-4-3-5-7-14/h3-7,20H,8-11H2,1-2H3,(H,17,21). The van der Waals surface area contributed by atoms with Crippen LogP contribution >= 0.6 is 0 Å². The summed E-state index contributed by atoms with van der Waals surface area (Å²) in [5.41, 5.74) is 1.83. The third-order valence-corrected chi connectivity index (χ3v) is 3.34. The quantitative estimate of drug-likeness (QED) is 0.855. The van der Waals surface area contributed by atoms with Crippen molar-refractivity contribution in [1.82, 2.24) is 15.2 Å². The Kier molecular flexibility index (Phi) is 5.55. The van der Waals surface area contributed by atoms with Gasteiger partial charge in [0, 0.05) is 13.1 Å². The zero-order valence-electron chi connectivity index (χ0n) is 12.9. The molecule has 2 rings (SSSR count). The van der Waals surface area contributed by atoms with E-state index in [1.54, 1.807) is 4.90 Å². The van der Waals surface area contributed by atoms with Crippen LogP contribution in [0.15, 0.2) is 34.7 Å². The highest BCUT2D eigenvalue weighted by molar-refractivity contribution is 5.74. The Labute approximate surface area is 129 Å². The van der Waals surface area contributed by atoms with E-state index < -0.39 is 0 Å². The van der Waals surface area contributed by atoms with E-state index in [4.69, 9.17) is 9.52 Å². The lowest BCUT2D eigenvalue weighted by molar-refractivity contribution is 0.173. The van der Waals surface area contributed by atoms with E-state index in [1.807, 2.05) is 44.2 Å². The Morgan fingerprint density at radius 3 is 2.64 bits per heavy atom. The van der Waals surface area contributed by atoms with Gasteiger partial charge in [-0.1, -0.05) is 30.3 Å². The van der Waals surface area contributed by atoms with Gasteiger partial charge in [0.1, 0.15) is 5.76 Å². The van der Waals surface area contributed by atoms with E-state index in [-0.39, 0.29) is 25.7 Å². The van der Waals surface area contributed by atoms with E-state index in [1.165, 1.54) is 0 Å². The number of urea groups is 1. The van der Waals surface area contributed by atoms with Gasteiger partial charge in [0.05, 0.1) is 18.8 Å². The van der Waals surface area contributed by atoms with Gasteiger partial charge in [-0.15, -0.1) is 0 Å². The molecule has 1 aromatic carbocycles. The maximum atomic E-state index is 12.2. The largest absolute Gasteiger partial charge is 0.444 e. The van der Waals surface area contributed by atoms with E-state index >= 15 is 0 Å². The van der Waals surface area contributed by atoms with E-state index in [9.17, 15) is 4.79 Å². The summed E-state index contributed by atoms with van der Waals surface area (Å²) in [4.78, 5) is 18.0. The van der Waals surface area contributed by atoms with Crippen molar-refractivity contribution in [2.24, 2.45) is 0 Å². The first-order valence-corrected chi connectivity index (χ1v) is 7.20. The van der Waals surface area contributed by atoms with Crippen molar-refractivity contribution in [1.29, 1.82) is 0 Å². The first-order chi connectivity index (χ1) is 10.6. The lowest BCUT2D eigenvalue weighted by Gasteiger charge is -2.22. The molecule has 0 radical (unpaired) electrons. The average molecular weight is 303 g/mol. The van der Waals surface area contributed by atoms with Crippen LogP contribution in [0.4, 0.5) is 4.79 Å². The first-order valence-electron chi connectivity index (χ1n) is 7.20. The van der Waals surface area contributed by atoms with Crippen molar-refractivity contribution in [2.45, 2.75) is 26.9 Å². The minimum absolute atomic E-state index is 0.0858. The van der Waals surface area contributed by atoms with Crippen LogP contribution in [-0.4, -0.2) is 34.2 Å². The molecule has 2 aromatic rings. The Bertz CT molecular complexity index is 591. The molecule has 0 aliphatic rings. The fraction of sp³-hybridized carbons (Fsp3) is 0.375. The van der Waals surface area contributed by atoms with Crippen molar-refractivity contribution in [2.75, 3.05) is 13.2 Å². The number of aliphatic hydroxyl groups is 1. The Morgan fingerprint density at radius 2 is 2.05 bits per heavy atom. The molecule has 0 unspecified atom stereocenters. The van der Waals surface area contributed by atoms with E-state index in [2.05, 4.69) is 10.3 Å². The van der Waals surface area contributed by atoms with Crippen LogP contribution in [0, 0.1) is 13.8 Å². The van der Waals surface area contributed by atoms with E-state index in [0.717, 1.165) is 17.0 Å². The molecular formula is C16H21N3O3. The molecule has 0 aliphatic heterocycles. The molecule has 1 heterocycles. The number of hydrogen-bond donors (Lipinski definition) is 2. The smallest absolute Gasteiger partial charge is 0.318 e. The molecule has 6 heteroatoms. The Hall–Kier alpha value is -2.34. The topological polar surface area (TPSA) is 78.6 Å². The lowest BCUT2D eigenvalue weighted by Crippen LogP contribution is -2.40. The van der Waals surface area contributed by atoms with Gasteiger partial charge < -0.3 is 19.7 Å². The van der Waals surface area contributed by atoms with E-state index in [0.29, 0.717) is 12.4 Å². The summed E-state index contributed by atoms with van der Waals surface area (Å²) >= 11 is 0. The summed E-state index contributed by atoms with van der Waals surface area (Å²) in [5.74, 6) is 1.23. The molecule has 0 spiro atoms. The fourth-order valence-corrected chi connectivity index (χ4v) is 2.05. The minimum atomic E-state index is -0.258. The highest BCUT2D eigenvalue weighted by atomic mass is 16.4. The second kappa shape index (κ2) is 7.61. The van der Waals surface area contributed by atoms with Gasteiger partial charge in [0.15, 0.2) is 0 Å². The number of amides is 2. The second-order valence-electron chi connectivity index (χ2n) is 5.04. The monoisotopic (exact) mass is 303 g/mol. The maximum Gasteiger partial charge on any atom is 0.318 e. The molecule has 1 aromatic heterocycles. The third-order valence-electron chi connectivity index (χ3n) is 3.34. The van der Waals surface area contributed by atoms with Gasteiger partial charge in [0.25, 0.3) is 0 Å². The normalized spacial score (nSPS) is 10.5. The van der Waals surface area contributed by atoms with Crippen LogP contribution in [-0.2, 0) is 13.1 Å². The number of nitrogens with one attached hydrogen (secondary N) is 1. The minimum Gasteiger partial charge on any atom is -0.444 e. The molecule has 0 aliphatic carbocycles. The zero-order chi connectivity index (χ0) is 15.9. The molecule has 6 nitrogen and oxygen atoms in total. The summed E-state index contributed by atoms with van der Waals surface area (Å²) < 4.78 is 5.43. The number of aryl methyl sites for hydroxylation is 2. The van der Waals surface area contributed by atoms with Crippen LogP contribution in [0.3, 0.4) is 0 Å². The number of carbonyl (C=O) groups is 1. The molecule has 22 heavy (non-hydrogen) atoms. The van der Waals surface area contributed by atoms with Gasteiger partial charge in [-0.3, -0.25) is 0 Å². The van der Waals surface area contributed by atoms with Crippen LogP contribution in [0.25, 0.3) is 0 Å². The number of nitrogens with zero attached hydrogens (tertiary/aromatic N) is 2. The first kappa shape index (κ1) is 16.0. The average Bonchev–Trinajstić information content (AvgIpc) is 2.84. The molecule has 0 bridgehead atoms. The Balaban J connectivity index is 1.94. The van der Waals surface area contributed by atoms with Crippen LogP contribution < -0.4 is 5.32 Å². The van der Waals surface area contributed by atoms with Crippen molar-refractivity contribution >= 4 is 6.03 Å². The van der Waals surface area contributed by atoms with Crippen LogP contribution in [0.1, 0.15) is 22.9 Å². The molecule has 0 fully saturated rings. The fourth-order valence-electron chi connectivity index (χ4n) is 2.05. The molecule has 0 atom stereocenters. The van der Waals surface area contributed by atoms with Crippen LogP contribution in [0.5, 0.6) is 0 Å². The predicted octanol–water partition coefficient (Wildman–Crippen LogP) is 2.00. The SMILES string of the molecule is Cc1nc(CNC(=O)N(CCO)Cc2ccccc2)oc1C. The number of aromatic nitrogens is 1. The van der Waals surface area contributed by atoms with Gasteiger partial charge in [0.2, 0.25) is 5.89 Å². The molecular weight excluding hydrogens is 282 g/mol. The Morgan fingerprint density at radius 1 is 1.32 bits per heavy atom. The molecule has 2 amide bonds. The van der Waals surface area contributed by atoms with Gasteiger partial charge in [-0.2, -0.15) is 0 Å². The molecule has 0 saturated carbocycles. The number of rotatable bonds is 6. The number of hydrogen-bond acceptors (Lipinski definition) is 4. The number of benzene rings is 1. The number of carbonyl (C=O) groups excluding carboxylic acids is 1. The second-order valence-corrected chi connectivity index (χ2v) is 5.04. The summed E-state index contributed by atoms with van der Waals surface area (Å²) in [6.07, 6.45) is 0. The molecule has 0 saturated heterocycles. The zero-order valence-corrected chi connectivity index (χ0v) is 12.9. The van der Waals surface area contributed by atoms with Crippen molar-refractivity contribution in [3.05, 3.63) is 53.2 Å². The van der Waals surface area contributed by atoms with Gasteiger partial charge >= 0.3 is 6.03 Å². The highest BCUT2D eigenvalue weighted by Gasteiger charge is 2.14. The summed E-state index contributed by atoms with van der Waals surface area (Å²) in [6.45, 7) is 4.54. The summed E-state index contributed by atoms with van der Waals surface area (Å²) in [6, 6.07) is 9.39. The van der Waals surface area contributed by atoms with Gasteiger partial charge in [-0.25, -0.2) is 9.78 Å². The number of oxazole rings is 1. The highest BCUT2D eigenvalue weighted by Crippen LogP contribution is 2.08. The van der Waals surface area contributed by atoms with Crippen molar-refractivity contribution in [3.63, 3.8) is 0 Å². The molecule has 118 valence electrons. The van der Waals surface area contributed by atoms with Crippen molar-refractivity contribution in [3.8, 4) is 0 Å². The third kappa shape index (κ3) is 4.33. The lowest BCUT2D eigenvalue weighted by atomic mass is 10.2. The summed E-state index contributed by atoms with van der Waals surface area (Å²) in [7, 11) is 0. The van der Waals surface area contributed by atoms with Crippen LogP contribution in [0.2, 0.25) is 0 Å². The summed E-state index contributed by atoms with van der Waals surface area (Å²) in [5, 5.41) is 11.9. The van der Waals surface area contributed by atoms with Crippen molar-refractivity contribution < 1.29 is 14.3 Å². The number of aliphatic hydroxyl groups excluding tert-OH is 1. The maximum absolute atomic E-state index is 12.2. The molecule has 2 N–H and O–H groups in total. The predicted molar refractivity (Wildman–Crippen MR) is 82.2 cm³/mol. The van der Waals surface area contributed by atoms with Gasteiger partial charge in [-0.05, 0) is 19.4 Å².